The fourth-order valence-corrected chi connectivity index (χ4v) is 2.68. The molecule has 0 aromatic heterocycles. The highest BCUT2D eigenvalue weighted by Crippen LogP contribution is 2.20. The molecule has 130 valence electrons. The zero-order valence-electron chi connectivity index (χ0n) is 13.9. The molecule has 0 unspecified atom stereocenters. The third kappa shape index (κ3) is 4.49. The van der Waals surface area contributed by atoms with Crippen LogP contribution >= 0.6 is 11.6 Å². The van der Waals surface area contributed by atoms with E-state index in [0.29, 0.717) is 27.5 Å². The number of ketones is 1. The largest absolute Gasteiger partial charge is 0.375 e. The maximum atomic E-state index is 12.5. The van der Waals surface area contributed by atoms with E-state index in [2.05, 4.69) is 10.6 Å². The lowest BCUT2D eigenvalue weighted by atomic mass is 10.0. The van der Waals surface area contributed by atoms with E-state index in [1.165, 1.54) is 0 Å². The van der Waals surface area contributed by atoms with Gasteiger partial charge in [0.05, 0.1) is 17.3 Å². The summed E-state index contributed by atoms with van der Waals surface area (Å²) in [6.07, 6.45) is 0. The number of amides is 1. The van der Waals surface area contributed by atoms with Crippen molar-refractivity contribution in [2.75, 3.05) is 17.2 Å². The van der Waals surface area contributed by atoms with E-state index in [1.807, 2.05) is 30.3 Å². The number of anilines is 2. The number of carbonyl (C=O) groups excluding carboxylic acids is 2. The minimum absolute atomic E-state index is 0.0700. The summed E-state index contributed by atoms with van der Waals surface area (Å²) in [5.41, 5.74) is 2.39. The lowest BCUT2D eigenvalue weighted by molar-refractivity contribution is -0.114. The minimum atomic E-state index is -0.228. The first-order chi connectivity index (χ1) is 12.6. The van der Waals surface area contributed by atoms with E-state index in [0.717, 1.165) is 0 Å². The molecular formula is C21H17ClN2O2. The molecule has 0 fully saturated rings. The van der Waals surface area contributed by atoms with Crippen molar-refractivity contribution < 1.29 is 9.59 Å². The molecule has 3 aromatic carbocycles. The van der Waals surface area contributed by atoms with Crippen LogP contribution in [0.4, 0.5) is 11.4 Å². The highest BCUT2D eigenvalue weighted by Gasteiger charge is 2.10. The lowest BCUT2D eigenvalue weighted by Gasteiger charge is -2.10. The fourth-order valence-electron chi connectivity index (χ4n) is 2.48. The second kappa shape index (κ2) is 8.32. The summed E-state index contributed by atoms with van der Waals surface area (Å²) in [5.74, 6) is -0.315. The summed E-state index contributed by atoms with van der Waals surface area (Å²) >= 11 is 6.05. The van der Waals surface area contributed by atoms with Gasteiger partial charge in [0, 0.05) is 16.8 Å². The Morgan fingerprint density at radius 3 is 2.27 bits per heavy atom. The van der Waals surface area contributed by atoms with Crippen molar-refractivity contribution in [3.63, 3.8) is 0 Å². The maximum Gasteiger partial charge on any atom is 0.243 e. The van der Waals surface area contributed by atoms with Crippen LogP contribution in [0.2, 0.25) is 5.02 Å². The van der Waals surface area contributed by atoms with Crippen molar-refractivity contribution in [3.05, 3.63) is 95.0 Å². The molecule has 3 rings (SSSR count). The number of hydrogen-bond donors (Lipinski definition) is 2. The molecule has 0 radical (unpaired) electrons. The van der Waals surface area contributed by atoms with Gasteiger partial charge in [0.15, 0.2) is 5.78 Å². The Labute approximate surface area is 156 Å². The van der Waals surface area contributed by atoms with E-state index in [9.17, 15) is 9.59 Å². The fraction of sp³-hybridized carbons (Fsp3) is 0.0476. The Kier molecular flexibility index (Phi) is 5.66. The Morgan fingerprint density at radius 2 is 1.50 bits per heavy atom. The minimum Gasteiger partial charge on any atom is -0.375 e. The average molecular weight is 365 g/mol. The number of carbonyl (C=O) groups is 2. The standard InChI is InChI=1S/C21H17ClN2O2/c22-18-11-4-5-12-19(18)23-14-20(25)24-17-10-6-9-16(13-17)21(26)15-7-2-1-3-8-15/h1-13,23H,14H2,(H,24,25). The zero-order chi connectivity index (χ0) is 18.4. The Morgan fingerprint density at radius 1 is 0.808 bits per heavy atom. The van der Waals surface area contributed by atoms with Gasteiger partial charge in [-0.2, -0.15) is 0 Å². The van der Waals surface area contributed by atoms with Crippen LogP contribution < -0.4 is 10.6 Å². The van der Waals surface area contributed by atoms with Gasteiger partial charge in [0.25, 0.3) is 0 Å². The molecule has 0 atom stereocenters. The number of rotatable bonds is 6. The Bertz CT molecular complexity index is 926. The normalized spacial score (nSPS) is 10.2. The van der Waals surface area contributed by atoms with Crippen LogP contribution in [0.25, 0.3) is 0 Å². The van der Waals surface area contributed by atoms with Gasteiger partial charge in [0.2, 0.25) is 5.91 Å². The molecule has 0 aliphatic rings. The van der Waals surface area contributed by atoms with Crippen molar-refractivity contribution in [1.82, 2.24) is 0 Å². The van der Waals surface area contributed by atoms with E-state index < -0.39 is 0 Å². The molecule has 0 heterocycles. The molecule has 0 saturated carbocycles. The van der Waals surface area contributed by atoms with Gasteiger partial charge in [-0.1, -0.05) is 66.2 Å². The molecule has 5 heteroatoms. The molecule has 26 heavy (non-hydrogen) atoms. The van der Waals surface area contributed by atoms with Gasteiger partial charge in [-0.15, -0.1) is 0 Å². The molecular weight excluding hydrogens is 348 g/mol. The van der Waals surface area contributed by atoms with E-state index in [-0.39, 0.29) is 18.2 Å². The molecule has 0 spiro atoms. The second-order valence-electron chi connectivity index (χ2n) is 5.66. The predicted molar refractivity (Wildman–Crippen MR) is 105 cm³/mol. The van der Waals surface area contributed by atoms with Crippen molar-refractivity contribution in [2.24, 2.45) is 0 Å². The Balaban J connectivity index is 1.64. The SMILES string of the molecule is O=C(CNc1ccccc1Cl)Nc1cccc(C(=O)c2ccccc2)c1. The van der Waals surface area contributed by atoms with Gasteiger partial charge in [0.1, 0.15) is 0 Å². The van der Waals surface area contributed by atoms with E-state index in [1.54, 1.807) is 48.5 Å². The molecule has 2 N–H and O–H groups in total. The quantitative estimate of drug-likeness (QED) is 0.627. The van der Waals surface area contributed by atoms with Crippen LogP contribution in [-0.2, 0) is 4.79 Å². The van der Waals surface area contributed by atoms with E-state index in [4.69, 9.17) is 11.6 Å². The number of nitrogens with one attached hydrogen (secondary N) is 2. The average Bonchev–Trinajstić information content (AvgIpc) is 2.68. The second-order valence-corrected chi connectivity index (χ2v) is 6.06. The van der Waals surface area contributed by atoms with E-state index >= 15 is 0 Å². The van der Waals surface area contributed by atoms with Crippen molar-refractivity contribution in [2.45, 2.75) is 0 Å². The lowest BCUT2D eigenvalue weighted by Crippen LogP contribution is -2.22. The van der Waals surface area contributed by atoms with Gasteiger partial charge in [-0.05, 0) is 24.3 Å². The number of hydrogen-bond acceptors (Lipinski definition) is 3. The van der Waals surface area contributed by atoms with Crippen molar-refractivity contribution in [1.29, 1.82) is 0 Å². The van der Waals surface area contributed by atoms with Crippen LogP contribution in [0, 0.1) is 0 Å². The topological polar surface area (TPSA) is 58.2 Å². The van der Waals surface area contributed by atoms with Gasteiger partial charge < -0.3 is 10.6 Å². The highest BCUT2D eigenvalue weighted by atomic mass is 35.5. The summed E-state index contributed by atoms with van der Waals surface area (Å²) in [6.45, 7) is 0.0700. The first-order valence-electron chi connectivity index (χ1n) is 8.11. The third-order valence-corrected chi connectivity index (χ3v) is 4.09. The first kappa shape index (κ1) is 17.7. The van der Waals surface area contributed by atoms with Gasteiger partial charge in [-0.3, -0.25) is 9.59 Å². The smallest absolute Gasteiger partial charge is 0.243 e. The summed E-state index contributed by atoms with van der Waals surface area (Å²) in [5, 5.41) is 6.32. The Hall–Kier alpha value is -3.11. The predicted octanol–water partition coefficient (Wildman–Crippen LogP) is 4.62. The van der Waals surface area contributed by atoms with Crippen LogP contribution in [0.15, 0.2) is 78.9 Å². The maximum absolute atomic E-state index is 12.5. The van der Waals surface area contributed by atoms with Crippen molar-refractivity contribution >= 4 is 34.7 Å². The summed E-state index contributed by atoms with van der Waals surface area (Å²) in [7, 11) is 0. The highest BCUT2D eigenvalue weighted by molar-refractivity contribution is 6.33. The number of halogens is 1. The first-order valence-corrected chi connectivity index (χ1v) is 8.49. The molecule has 0 aliphatic heterocycles. The third-order valence-electron chi connectivity index (χ3n) is 3.76. The zero-order valence-corrected chi connectivity index (χ0v) is 14.7. The summed E-state index contributed by atoms with van der Waals surface area (Å²) in [4.78, 5) is 24.6. The van der Waals surface area contributed by atoms with Crippen LogP contribution in [0.1, 0.15) is 15.9 Å². The van der Waals surface area contributed by atoms with Gasteiger partial charge >= 0.3 is 0 Å². The number of benzene rings is 3. The van der Waals surface area contributed by atoms with Crippen LogP contribution in [-0.4, -0.2) is 18.2 Å². The molecule has 3 aromatic rings. The molecule has 1 amide bonds. The molecule has 4 nitrogen and oxygen atoms in total. The molecule has 0 aliphatic carbocycles. The van der Waals surface area contributed by atoms with Crippen LogP contribution in [0.5, 0.6) is 0 Å². The molecule has 0 bridgehead atoms. The molecule has 0 saturated heterocycles. The van der Waals surface area contributed by atoms with Gasteiger partial charge in [-0.25, -0.2) is 0 Å². The van der Waals surface area contributed by atoms with Crippen LogP contribution in [0.3, 0.4) is 0 Å². The monoisotopic (exact) mass is 364 g/mol. The summed E-state index contributed by atoms with van der Waals surface area (Å²) in [6, 6.07) is 23.1. The van der Waals surface area contributed by atoms with Crippen molar-refractivity contribution in [3.8, 4) is 0 Å². The number of para-hydroxylation sites is 1. The summed E-state index contributed by atoms with van der Waals surface area (Å²) < 4.78 is 0.